The average molecular weight is 251 g/mol. The van der Waals surface area contributed by atoms with Crippen molar-refractivity contribution in [3.05, 3.63) is 29.8 Å². The van der Waals surface area contributed by atoms with Crippen LogP contribution in [0.4, 0.5) is 0 Å². The molecule has 1 aromatic rings. The first-order chi connectivity index (χ1) is 7.03. The van der Waals surface area contributed by atoms with Crippen LogP contribution in [-0.2, 0) is 18.6 Å². The van der Waals surface area contributed by atoms with Gasteiger partial charge in [0.2, 0.25) is 0 Å². The quantitative estimate of drug-likeness (QED) is 0.757. The molecule has 0 heterocycles. The highest BCUT2D eigenvalue weighted by Gasteiger charge is 2.23. The van der Waals surface area contributed by atoms with E-state index in [1.54, 1.807) is 0 Å². The van der Waals surface area contributed by atoms with Gasteiger partial charge in [0.25, 0.3) is 0 Å². The molecule has 15 heavy (non-hydrogen) atoms. The Morgan fingerprint density at radius 3 is 2.47 bits per heavy atom. The lowest BCUT2D eigenvalue weighted by Gasteiger charge is -2.05. The van der Waals surface area contributed by atoms with E-state index in [1.807, 2.05) is 0 Å². The number of methoxy groups -OCH3 is 1. The second-order valence-electron chi connectivity index (χ2n) is 2.50. The van der Waals surface area contributed by atoms with Gasteiger partial charge in [-0.15, -0.1) is 0 Å². The summed E-state index contributed by atoms with van der Waals surface area (Å²) in [6, 6.07) is 5.44. The monoisotopic (exact) mass is 250 g/mol. The van der Waals surface area contributed by atoms with Crippen LogP contribution >= 0.6 is 11.9 Å². The Morgan fingerprint density at radius 2 is 1.93 bits per heavy atom. The Hall–Kier alpha value is -1.11. The fourth-order valence-electron chi connectivity index (χ4n) is 0.997. The summed E-state index contributed by atoms with van der Waals surface area (Å²) in [4.78, 5) is 10.9. The predicted molar refractivity (Wildman–Crippen MR) is 51.9 cm³/mol. The summed E-state index contributed by atoms with van der Waals surface area (Å²) in [6.07, 6.45) is 0. The molecule has 0 aliphatic rings. The average Bonchev–Trinajstić information content (AvgIpc) is 2.28. The van der Waals surface area contributed by atoms with Crippen molar-refractivity contribution >= 4 is 28.0 Å². The van der Waals surface area contributed by atoms with Crippen LogP contribution in [0.15, 0.2) is 29.2 Å². The molecule has 0 amide bonds. The number of halogens is 1. The summed E-state index contributed by atoms with van der Waals surface area (Å²) < 4.78 is 30.8. The molecule has 82 valence electrons. The molecule has 5 nitrogen and oxygen atoms in total. The van der Waals surface area contributed by atoms with Crippen LogP contribution in [0.2, 0.25) is 0 Å². The first-order valence-electron chi connectivity index (χ1n) is 3.75. The number of hydrogen-bond acceptors (Lipinski definition) is 5. The van der Waals surface area contributed by atoms with E-state index in [9.17, 15) is 13.2 Å². The minimum absolute atomic E-state index is 0.124. The van der Waals surface area contributed by atoms with Crippen molar-refractivity contribution in [2.24, 2.45) is 0 Å². The van der Waals surface area contributed by atoms with Gasteiger partial charge >= 0.3 is 16.1 Å². The number of esters is 1. The van der Waals surface area contributed by atoms with Gasteiger partial charge in [-0.25, -0.2) is 4.79 Å². The highest BCUT2D eigenvalue weighted by Crippen LogP contribution is 2.19. The Morgan fingerprint density at radius 1 is 1.33 bits per heavy atom. The largest absolute Gasteiger partial charge is 0.465 e. The molecule has 0 N–H and O–H groups in total. The molecule has 1 aromatic carbocycles. The molecule has 0 saturated heterocycles. The number of hydrogen-bond donors (Lipinski definition) is 0. The molecule has 1 rings (SSSR count). The van der Waals surface area contributed by atoms with E-state index in [-0.39, 0.29) is 10.5 Å². The number of benzene rings is 1. The van der Waals surface area contributed by atoms with Crippen LogP contribution < -0.4 is 0 Å². The molecule has 0 radical (unpaired) electrons. The van der Waals surface area contributed by atoms with Crippen LogP contribution in [0.3, 0.4) is 0 Å². The van der Waals surface area contributed by atoms with Gasteiger partial charge in [-0.1, -0.05) is 12.1 Å². The molecule has 0 saturated carbocycles. The highest BCUT2D eigenvalue weighted by molar-refractivity contribution is 7.87. The number of rotatable bonds is 3. The highest BCUT2D eigenvalue weighted by atomic mass is 35.5. The lowest BCUT2D eigenvalue weighted by molar-refractivity contribution is 0.0596. The molecular formula is C8H7ClO5S. The smallest absolute Gasteiger partial charge is 0.339 e. The molecule has 0 unspecified atom stereocenters. The topological polar surface area (TPSA) is 69.7 Å². The SMILES string of the molecule is COC(=O)c1ccccc1S(=O)(=O)OCl. The number of carbonyl (C=O) groups is 1. The standard InChI is InChI=1S/C8H7ClO5S/c1-13-8(10)6-4-2-3-5-7(6)15(11,12)14-9/h2-5H,1H3. The molecule has 0 fully saturated rings. The van der Waals surface area contributed by atoms with Gasteiger partial charge in [0.15, 0.2) is 0 Å². The number of carbonyl (C=O) groups excluding carboxylic acids is 1. The molecular weight excluding hydrogens is 244 g/mol. The van der Waals surface area contributed by atoms with Crippen LogP contribution in [0.5, 0.6) is 0 Å². The van der Waals surface area contributed by atoms with Crippen molar-refractivity contribution in [1.82, 2.24) is 0 Å². The molecule has 0 atom stereocenters. The van der Waals surface area contributed by atoms with Gasteiger partial charge in [-0.2, -0.15) is 12.2 Å². The summed E-state index contributed by atoms with van der Waals surface area (Å²) in [5.74, 6) is -0.775. The van der Waals surface area contributed by atoms with Crippen LogP contribution in [0.25, 0.3) is 0 Å². The molecule has 0 aliphatic carbocycles. The van der Waals surface area contributed by atoms with Gasteiger partial charge < -0.3 is 4.74 Å². The van der Waals surface area contributed by atoms with Gasteiger partial charge in [-0.3, -0.25) is 0 Å². The van der Waals surface area contributed by atoms with E-state index in [4.69, 9.17) is 11.9 Å². The third-order valence-corrected chi connectivity index (χ3v) is 3.20. The fraction of sp³-hybridized carbons (Fsp3) is 0.125. The normalized spacial score (nSPS) is 11.1. The Balaban J connectivity index is 3.37. The second-order valence-corrected chi connectivity index (χ2v) is 4.36. The maximum absolute atomic E-state index is 11.3. The third kappa shape index (κ3) is 2.47. The maximum Gasteiger partial charge on any atom is 0.339 e. The summed E-state index contributed by atoms with van der Waals surface area (Å²) >= 11 is 4.81. The first-order valence-corrected chi connectivity index (χ1v) is 5.47. The Labute approximate surface area is 91.9 Å². The molecule has 0 aromatic heterocycles. The van der Waals surface area contributed by atoms with Gasteiger partial charge in [-0.05, 0) is 12.1 Å². The molecule has 0 bridgehead atoms. The van der Waals surface area contributed by atoms with Gasteiger partial charge in [0, 0.05) is 0 Å². The minimum Gasteiger partial charge on any atom is -0.465 e. The van der Waals surface area contributed by atoms with E-state index in [2.05, 4.69) is 8.47 Å². The van der Waals surface area contributed by atoms with E-state index in [0.29, 0.717) is 0 Å². The van der Waals surface area contributed by atoms with Crippen molar-refractivity contribution in [2.75, 3.05) is 7.11 Å². The van der Waals surface area contributed by atoms with Crippen molar-refractivity contribution in [3.8, 4) is 0 Å². The molecule has 0 aliphatic heterocycles. The Bertz CT molecular complexity index is 468. The predicted octanol–water partition coefficient (Wildman–Crippen LogP) is 1.33. The van der Waals surface area contributed by atoms with E-state index in [0.717, 1.165) is 7.11 Å². The van der Waals surface area contributed by atoms with Crippen LogP contribution in [0.1, 0.15) is 10.4 Å². The third-order valence-electron chi connectivity index (χ3n) is 1.64. The summed E-state index contributed by atoms with van der Waals surface area (Å²) in [5, 5.41) is 0. The van der Waals surface area contributed by atoms with E-state index in [1.165, 1.54) is 24.3 Å². The van der Waals surface area contributed by atoms with Crippen LogP contribution in [0, 0.1) is 0 Å². The zero-order valence-corrected chi connectivity index (χ0v) is 9.21. The van der Waals surface area contributed by atoms with E-state index >= 15 is 0 Å². The summed E-state index contributed by atoms with van der Waals surface area (Å²) in [7, 11) is -2.97. The fourth-order valence-corrected chi connectivity index (χ4v) is 1.93. The summed E-state index contributed by atoms with van der Waals surface area (Å²) in [5.41, 5.74) is -0.124. The maximum atomic E-state index is 11.3. The van der Waals surface area contributed by atoms with Crippen molar-refractivity contribution in [1.29, 1.82) is 0 Å². The van der Waals surface area contributed by atoms with Crippen LogP contribution in [-0.4, -0.2) is 21.5 Å². The van der Waals surface area contributed by atoms with Crippen molar-refractivity contribution in [2.45, 2.75) is 4.90 Å². The summed E-state index contributed by atoms with van der Waals surface area (Å²) in [6.45, 7) is 0. The zero-order valence-electron chi connectivity index (χ0n) is 7.64. The van der Waals surface area contributed by atoms with Crippen molar-refractivity contribution in [3.63, 3.8) is 0 Å². The lowest BCUT2D eigenvalue weighted by Crippen LogP contribution is -2.10. The molecule has 0 spiro atoms. The van der Waals surface area contributed by atoms with E-state index < -0.39 is 16.1 Å². The molecule has 7 heteroatoms. The first kappa shape index (κ1) is 12.0. The second kappa shape index (κ2) is 4.61. The lowest BCUT2D eigenvalue weighted by atomic mass is 10.2. The Kier molecular flexibility index (Phi) is 3.67. The zero-order chi connectivity index (χ0) is 11.5. The number of ether oxygens (including phenoxy) is 1. The minimum atomic E-state index is -4.12. The van der Waals surface area contributed by atoms with Crippen molar-refractivity contribution < 1.29 is 21.7 Å². The van der Waals surface area contributed by atoms with Gasteiger partial charge in [0.05, 0.1) is 24.5 Å². The van der Waals surface area contributed by atoms with Gasteiger partial charge in [0.1, 0.15) is 4.90 Å².